The van der Waals surface area contributed by atoms with E-state index in [1.807, 2.05) is 4.90 Å². The van der Waals surface area contributed by atoms with Crippen LogP contribution < -0.4 is 0 Å². The molecular weight excluding hydrogens is 281 g/mol. The Kier molecular flexibility index (Phi) is 3.69. The van der Waals surface area contributed by atoms with Gasteiger partial charge >= 0.3 is 5.97 Å². The summed E-state index contributed by atoms with van der Waals surface area (Å²) in [6.07, 6.45) is 3.24. The van der Waals surface area contributed by atoms with Gasteiger partial charge < -0.3 is 5.11 Å². The van der Waals surface area contributed by atoms with Crippen LogP contribution in [0.15, 0.2) is 18.2 Å². The first kappa shape index (κ1) is 13.8. The summed E-state index contributed by atoms with van der Waals surface area (Å²) >= 11 is 6.04. The molecule has 0 aromatic heterocycles. The Hall–Kier alpha value is -1.13. The van der Waals surface area contributed by atoms with Gasteiger partial charge in [0.2, 0.25) is 0 Å². The van der Waals surface area contributed by atoms with E-state index in [1.165, 1.54) is 12.1 Å². The average molecular weight is 298 g/mol. The summed E-state index contributed by atoms with van der Waals surface area (Å²) in [6, 6.07) is 3.87. The molecule has 108 valence electrons. The van der Waals surface area contributed by atoms with Crippen molar-refractivity contribution in [3.05, 3.63) is 34.6 Å². The Bertz CT molecular complexity index is 537. The molecule has 1 saturated carbocycles. The molecule has 5 heteroatoms. The molecule has 1 aromatic rings. The number of rotatable bonds is 3. The van der Waals surface area contributed by atoms with Gasteiger partial charge in [0.15, 0.2) is 0 Å². The molecule has 3 nitrogen and oxygen atoms in total. The smallest absolute Gasteiger partial charge is 0.321 e. The molecule has 3 rings (SSSR count). The topological polar surface area (TPSA) is 40.5 Å². The molecule has 2 aliphatic rings. The highest BCUT2D eigenvalue weighted by Gasteiger charge is 2.47. The number of aliphatic carboxylic acids is 1. The Balaban J connectivity index is 1.81. The molecule has 0 radical (unpaired) electrons. The Morgan fingerprint density at radius 1 is 1.45 bits per heavy atom. The van der Waals surface area contributed by atoms with Crippen molar-refractivity contribution < 1.29 is 14.3 Å². The maximum Gasteiger partial charge on any atom is 0.321 e. The molecule has 0 bridgehead atoms. The first-order valence-electron chi connectivity index (χ1n) is 6.97. The second-order valence-electron chi connectivity index (χ2n) is 5.80. The minimum absolute atomic E-state index is 0.256. The lowest BCUT2D eigenvalue weighted by molar-refractivity contribution is -0.143. The fourth-order valence-corrected chi connectivity index (χ4v) is 3.99. The van der Waals surface area contributed by atoms with E-state index >= 15 is 0 Å². The standard InChI is InChI=1S/C15H17ClFNO2/c16-13-6-11(17)5-4-10(13)8-18-7-9-2-1-3-12(9)14(18)15(19)20/h4-6,9,12,14H,1-3,7-8H2,(H,19,20). The van der Waals surface area contributed by atoms with Crippen LogP contribution in [-0.4, -0.2) is 28.6 Å². The number of carboxylic acid groups (broad SMARTS) is 1. The van der Waals surface area contributed by atoms with E-state index < -0.39 is 12.0 Å². The van der Waals surface area contributed by atoms with E-state index in [2.05, 4.69) is 0 Å². The van der Waals surface area contributed by atoms with Gasteiger partial charge in [-0.1, -0.05) is 24.1 Å². The normalized spacial score (nSPS) is 29.6. The molecule has 20 heavy (non-hydrogen) atoms. The highest BCUT2D eigenvalue weighted by molar-refractivity contribution is 6.31. The van der Waals surface area contributed by atoms with Gasteiger partial charge in [-0.25, -0.2) is 4.39 Å². The number of hydrogen-bond acceptors (Lipinski definition) is 2. The number of nitrogens with zero attached hydrogens (tertiary/aromatic N) is 1. The number of fused-ring (bicyclic) bond motifs is 1. The molecular formula is C15H17ClFNO2. The van der Waals surface area contributed by atoms with Crippen LogP contribution in [0.1, 0.15) is 24.8 Å². The van der Waals surface area contributed by atoms with Crippen molar-refractivity contribution in [1.82, 2.24) is 4.90 Å². The zero-order valence-corrected chi connectivity index (χ0v) is 11.8. The van der Waals surface area contributed by atoms with Crippen LogP contribution in [0, 0.1) is 17.7 Å². The summed E-state index contributed by atoms with van der Waals surface area (Å²) < 4.78 is 13.1. The van der Waals surface area contributed by atoms with E-state index in [-0.39, 0.29) is 11.7 Å². The predicted octanol–water partition coefficient (Wildman–Crippen LogP) is 3.16. The van der Waals surface area contributed by atoms with E-state index in [9.17, 15) is 14.3 Å². The van der Waals surface area contributed by atoms with Crippen LogP contribution in [-0.2, 0) is 11.3 Å². The van der Waals surface area contributed by atoms with Crippen LogP contribution in [0.25, 0.3) is 0 Å². The van der Waals surface area contributed by atoms with Crippen molar-refractivity contribution >= 4 is 17.6 Å². The third-order valence-corrected chi connectivity index (χ3v) is 4.98. The van der Waals surface area contributed by atoms with Crippen LogP contribution in [0.5, 0.6) is 0 Å². The molecule has 1 aromatic carbocycles. The zero-order chi connectivity index (χ0) is 14.3. The van der Waals surface area contributed by atoms with Gasteiger partial charge in [0.25, 0.3) is 0 Å². The second kappa shape index (κ2) is 5.34. The van der Waals surface area contributed by atoms with E-state index in [1.54, 1.807) is 6.07 Å². The van der Waals surface area contributed by atoms with Crippen LogP contribution in [0.2, 0.25) is 5.02 Å². The molecule has 1 saturated heterocycles. The van der Waals surface area contributed by atoms with Crippen molar-refractivity contribution in [3.8, 4) is 0 Å². The summed E-state index contributed by atoms with van der Waals surface area (Å²) in [5.74, 6) is -0.383. The first-order valence-corrected chi connectivity index (χ1v) is 7.35. The molecule has 3 atom stereocenters. The molecule has 0 amide bonds. The van der Waals surface area contributed by atoms with Gasteiger partial charge in [-0.15, -0.1) is 0 Å². The molecule has 3 unspecified atom stereocenters. The molecule has 2 fully saturated rings. The summed E-state index contributed by atoms with van der Waals surface area (Å²) in [7, 11) is 0. The number of likely N-dealkylation sites (tertiary alicyclic amines) is 1. The van der Waals surface area contributed by atoms with Crippen LogP contribution >= 0.6 is 11.6 Å². The molecule has 1 heterocycles. The number of carboxylic acids is 1. The van der Waals surface area contributed by atoms with Crippen LogP contribution in [0.3, 0.4) is 0 Å². The summed E-state index contributed by atoms with van der Waals surface area (Å²) in [5, 5.41) is 9.85. The van der Waals surface area contributed by atoms with Crippen molar-refractivity contribution in [1.29, 1.82) is 0 Å². The average Bonchev–Trinajstić information content (AvgIpc) is 2.91. The van der Waals surface area contributed by atoms with Gasteiger partial charge in [-0.05, 0) is 42.4 Å². The van der Waals surface area contributed by atoms with E-state index in [0.717, 1.165) is 31.4 Å². The summed E-state index contributed by atoms with van der Waals surface area (Å²) in [6.45, 7) is 1.28. The van der Waals surface area contributed by atoms with Crippen molar-refractivity contribution in [2.24, 2.45) is 11.8 Å². The lowest BCUT2D eigenvalue weighted by Crippen LogP contribution is -2.39. The number of carbonyl (C=O) groups is 1. The van der Waals surface area contributed by atoms with Gasteiger partial charge in [0.05, 0.1) is 0 Å². The largest absolute Gasteiger partial charge is 0.480 e. The maximum absolute atomic E-state index is 13.1. The van der Waals surface area contributed by atoms with Gasteiger partial charge in [-0.3, -0.25) is 9.69 Å². The van der Waals surface area contributed by atoms with Gasteiger partial charge in [0, 0.05) is 18.1 Å². The summed E-state index contributed by atoms with van der Waals surface area (Å²) in [4.78, 5) is 13.5. The van der Waals surface area contributed by atoms with E-state index in [4.69, 9.17) is 11.6 Å². The fourth-order valence-electron chi connectivity index (χ4n) is 3.76. The van der Waals surface area contributed by atoms with Gasteiger partial charge in [-0.2, -0.15) is 0 Å². The Morgan fingerprint density at radius 3 is 2.95 bits per heavy atom. The minimum atomic E-state index is -0.752. The Labute approximate surface area is 122 Å². The highest BCUT2D eigenvalue weighted by atomic mass is 35.5. The minimum Gasteiger partial charge on any atom is -0.480 e. The lowest BCUT2D eigenvalue weighted by Gasteiger charge is -2.24. The number of benzene rings is 1. The molecule has 0 spiro atoms. The third kappa shape index (κ3) is 2.42. The van der Waals surface area contributed by atoms with Crippen molar-refractivity contribution in [3.63, 3.8) is 0 Å². The van der Waals surface area contributed by atoms with Gasteiger partial charge in [0.1, 0.15) is 11.9 Å². The zero-order valence-electron chi connectivity index (χ0n) is 11.1. The number of halogens is 2. The highest BCUT2D eigenvalue weighted by Crippen LogP contribution is 2.43. The van der Waals surface area contributed by atoms with E-state index in [0.29, 0.717) is 17.5 Å². The molecule has 1 aliphatic heterocycles. The first-order chi connectivity index (χ1) is 9.56. The quantitative estimate of drug-likeness (QED) is 0.931. The SMILES string of the molecule is O=C(O)C1C2CCCC2CN1Cc1ccc(F)cc1Cl. The molecule has 1 N–H and O–H groups in total. The number of hydrogen-bond donors (Lipinski definition) is 1. The Morgan fingerprint density at radius 2 is 2.25 bits per heavy atom. The van der Waals surface area contributed by atoms with Crippen molar-refractivity contribution in [2.75, 3.05) is 6.54 Å². The lowest BCUT2D eigenvalue weighted by atomic mass is 9.94. The predicted molar refractivity (Wildman–Crippen MR) is 74.1 cm³/mol. The molecule has 1 aliphatic carbocycles. The second-order valence-corrected chi connectivity index (χ2v) is 6.21. The van der Waals surface area contributed by atoms with Crippen molar-refractivity contribution in [2.45, 2.75) is 31.8 Å². The third-order valence-electron chi connectivity index (χ3n) is 4.63. The summed E-state index contributed by atoms with van der Waals surface area (Å²) in [5.41, 5.74) is 0.791. The maximum atomic E-state index is 13.1. The van der Waals surface area contributed by atoms with Crippen LogP contribution in [0.4, 0.5) is 4.39 Å². The fraction of sp³-hybridized carbons (Fsp3) is 0.533. The monoisotopic (exact) mass is 297 g/mol.